The van der Waals surface area contributed by atoms with Crippen molar-refractivity contribution in [3.63, 3.8) is 0 Å². The average molecular weight is 142 g/mol. The molecule has 0 saturated carbocycles. The minimum Gasteiger partial charge on any atom is -0.478 e. The molecule has 0 aliphatic carbocycles. The first kappa shape index (κ1) is 8.35. The zero-order valence-electron chi connectivity index (χ0n) is 5.07. The molecule has 10 heavy (non-hydrogen) atoms. The van der Waals surface area contributed by atoms with E-state index >= 15 is 0 Å². The van der Waals surface area contributed by atoms with Crippen molar-refractivity contribution in [2.45, 2.75) is 0 Å². The van der Waals surface area contributed by atoms with Crippen LogP contribution in [0.2, 0.25) is 0 Å². The Bertz CT molecular complexity index is 195. The highest BCUT2D eigenvalue weighted by atomic mass is 16.4. The van der Waals surface area contributed by atoms with Gasteiger partial charge in [-0.25, -0.2) is 4.79 Å². The van der Waals surface area contributed by atoms with Crippen LogP contribution in [0.5, 0.6) is 0 Å². The number of hydrogen-bond acceptors (Lipinski definition) is 3. The van der Waals surface area contributed by atoms with Crippen molar-refractivity contribution in [2.75, 3.05) is 0 Å². The quantitative estimate of drug-likeness (QED) is 0.574. The first-order valence-corrected chi connectivity index (χ1v) is 2.31. The van der Waals surface area contributed by atoms with Gasteiger partial charge in [0.25, 0.3) is 0 Å². The van der Waals surface area contributed by atoms with Crippen LogP contribution in [-0.4, -0.2) is 28.1 Å². The molecule has 1 aromatic heterocycles. The van der Waals surface area contributed by atoms with Crippen molar-refractivity contribution < 1.29 is 14.7 Å². The van der Waals surface area contributed by atoms with Crippen LogP contribution in [0.3, 0.4) is 0 Å². The van der Waals surface area contributed by atoms with Gasteiger partial charge in [0.2, 0.25) is 0 Å². The molecule has 1 aromatic rings. The van der Waals surface area contributed by atoms with Gasteiger partial charge in [0.1, 0.15) is 6.79 Å². The summed E-state index contributed by atoms with van der Waals surface area (Å²) in [6, 6.07) is 0. The van der Waals surface area contributed by atoms with Crippen molar-refractivity contribution in [1.29, 1.82) is 0 Å². The lowest BCUT2D eigenvalue weighted by molar-refractivity contribution is -0.0980. The number of carbonyl (C=O) groups excluding carboxylic acids is 1. The number of nitrogens with one attached hydrogen (secondary N) is 1. The first-order chi connectivity index (χ1) is 4.80. The van der Waals surface area contributed by atoms with Gasteiger partial charge in [-0.1, -0.05) is 0 Å². The Hall–Kier alpha value is -1.65. The molecule has 0 radical (unpaired) electrons. The molecule has 0 saturated heterocycles. The molecule has 0 aliphatic rings. The molecule has 0 spiro atoms. The molecular formula is C5H6N2O3. The molecule has 0 amide bonds. The third kappa shape index (κ3) is 2.08. The van der Waals surface area contributed by atoms with Gasteiger partial charge in [-0.2, -0.15) is 5.10 Å². The highest BCUT2D eigenvalue weighted by Gasteiger charge is 1.99. The number of carboxylic acid groups (broad SMARTS) is 1. The fourth-order valence-corrected chi connectivity index (χ4v) is 0.368. The van der Waals surface area contributed by atoms with E-state index in [0.717, 1.165) is 0 Å². The van der Waals surface area contributed by atoms with Gasteiger partial charge >= 0.3 is 5.97 Å². The van der Waals surface area contributed by atoms with Gasteiger partial charge in [0, 0.05) is 6.20 Å². The molecule has 54 valence electrons. The van der Waals surface area contributed by atoms with E-state index in [1.165, 1.54) is 12.4 Å². The highest BCUT2D eigenvalue weighted by molar-refractivity contribution is 5.86. The Kier molecular flexibility index (Phi) is 3.55. The van der Waals surface area contributed by atoms with E-state index < -0.39 is 5.97 Å². The number of aromatic nitrogens is 2. The van der Waals surface area contributed by atoms with Gasteiger partial charge in [0.05, 0.1) is 11.8 Å². The van der Waals surface area contributed by atoms with E-state index in [1.807, 2.05) is 6.79 Å². The van der Waals surface area contributed by atoms with Crippen molar-refractivity contribution in [1.82, 2.24) is 10.2 Å². The lowest BCUT2D eigenvalue weighted by atomic mass is 10.4. The summed E-state index contributed by atoms with van der Waals surface area (Å²) in [5.74, 6) is -0.959. The van der Waals surface area contributed by atoms with Crippen LogP contribution >= 0.6 is 0 Å². The van der Waals surface area contributed by atoms with Crippen molar-refractivity contribution >= 4 is 12.8 Å². The number of hydrogen-bond donors (Lipinski definition) is 2. The number of nitrogens with zero attached hydrogens (tertiary/aromatic N) is 1. The maximum atomic E-state index is 10.0. The predicted molar refractivity (Wildman–Crippen MR) is 32.7 cm³/mol. The zero-order valence-corrected chi connectivity index (χ0v) is 5.07. The molecular weight excluding hydrogens is 136 g/mol. The summed E-state index contributed by atoms with van der Waals surface area (Å²) in [6.07, 6.45) is 2.57. The summed E-state index contributed by atoms with van der Waals surface area (Å²) < 4.78 is 0. The minimum absolute atomic E-state index is 0.185. The van der Waals surface area contributed by atoms with E-state index in [2.05, 4.69) is 10.2 Å². The Morgan fingerprint density at radius 1 is 1.70 bits per heavy atom. The lowest BCUT2D eigenvalue weighted by Crippen LogP contribution is -1.91. The smallest absolute Gasteiger partial charge is 0.338 e. The van der Waals surface area contributed by atoms with Crippen molar-refractivity contribution in [3.8, 4) is 0 Å². The van der Waals surface area contributed by atoms with E-state index in [9.17, 15) is 4.79 Å². The molecule has 2 N–H and O–H groups in total. The molecule has 0 bridgehead atoms. The van der Waals surface area contributed by atoms with Crippen molar-refractivity contribution in [2.24, 2.45) is 0 Å². The SMILES string of the molecule is C=O.O=C(O)c1cn[nH]c1. The van der Waals surface area contributed by atoms with E-state index in [0.29, 0.717) is 0 Å². The average Bonchev–Trinajstić information content (AvgIpc) is 2.42. The second-order valence-corrected chi connectivity index (χ2v) is 1.29. The molecule has 1 rings (SSSR count). The van der Waals surface area contributed by atoms with E-state index in [-0.39, 0.29) is 5.56 Å². The summed E-state index contributed by atoms with van der Waals surface area (Å²) >= 11 is 0. The summed E-state index contributed by atoms with van der Waals surface area (Å²) in [4.78, 5) is 18.0. The van der Waals surface area contributed by atoms with Crippen LogP contribution in [-0.2, 0) is 4.79 Å². The largest absolute Gasteiger partial charge is 0.478 e. The maximum absolute atomic E-state index is 10.0. The van der Waals surface area contributed by atoms with Crippen LogP contribution < -0.4 is 0 Å². The molecule has 1 heterocycles. The third-order valence-electron chi connectivity index (χ3n) is 0.745. The van der Waals surface area contributed by atoms with Crippen LogP contribution in [0.15, 0.2) is 12.4 Å². The fourth-order valence-electron chi connectivity index (χ4n) is 0.368. The molecule has 5 heteroatoms. The lowest BCUT2D eigenvalue weighted by Gasteiger charge is -1.77. The maximum Gasteiger partial charge on any atom is 0.338 e. The van der Waals surface area contributed by atoms with Gasteiger partial charge < -0.3 is 9.90 Å². The molecule has 0 unspecified atom stereocenters. The molecule has 0 atom stereocenters. The van der Waals surface area contributed by atoms with Gasteiger partial charge in [0.15, 0.2) is 0 Å². The van der Waals surface area contributed by atoms with Crippen molar-refractivity contribution in [3.05, 3.63) is 18.0 Å². The van der Waals surface area contributed by atoms with Gasteiger partial charge in [-0.05, 0) is 0 Å². The summed E-state index contributed by atoms with van der Waals surface area (Å²) in [5.41, 5.74) is 0.185. The number of H-pyrrole nitrogens is 1. The summed E-state index contributed by atoms with van der Waals surface area (Å²) in [6.45, 7) is 2.00. The number of rotatable bonds is 1. The van der Waals surface area contributed by atoms with E-state index in [4.69, 9.17) is 9.90 Å². The molecule has 0 aromatic carbocycles. The second-order valence-electron chi connectivity index (χ2n) is 1.29. The topological polar surface area (TPSA) is 83.1 Å². The number of aromatic carboxylic acids is 1. The molecule has 0 fully saturated rings. The van der Waals surface area contributed by atoms with E-state index in [1.54, 1.807) is 0 Å². The Labute approximate surface area is 56.7 Å². The minimum atomic E-state index is -0.959. The van der Waals surface area contributed by atoms with Crippen LogP contribution in [0.25, 0.3) is 0 Å². The van der Waals surface area contributed by atoms with Gasteiger partial charge in [-0.15, -0.1) is 0 Å². The summed E-state index contributed by atoms with van der Waals surface area (Å²) in [5, 5.41) is 14.0. The second kappa shape index (κ2) is 4.25. The number of carbonyl (C=O) groups is 2. The van der Waals surface area contributed by atoms with Crippen LogP contribution in [0.1, 0.15) is 10.4 Å². The van der Waals surface area contributed by atoms with Gasteiger partial charge in [-0.3, -0.25) is 5.10 Å². The van der Waals surface area contributed by atoms with Crippen LogP contribution in [0.4, 0.5) is 0 Å². The highest BCUT2D eigenvalue weighted by Crippen LogP contribution is 1.90. The fraction of sp³-hybridized carbons (Fsp3) is 0. The predicted octanol–water partition coefficient (Wildman–Crippen LogP) is -0.0770. The zero-order chi connectivity index (χ0) is 7.98. The standard InChI is InChI=1S/C4H4N2O2.CH2O/c7-4(8)3-1-5-6-2-3;1-2/h1-2H,(H,5,6)(H,7,8);1H2. The molecule has 0 aliphatic heterocycles. The normalized spacial score (nSPS) is 7.60. The first-order valence-electron chi connectivity index (χ1n) is 2.31. The van der Waals surface area contributed by atoms with Crippen LogP contribution in [0, 0.1) is 0 Å². The Morgan fingerprint density at radius 3 is 2.50 bits per heavy atom. The Morgan fingerprint density at radius 2 is 2.30 bits per heavy atom. The Balaban J connectivity index is 0.000000371. The monoisotopic (exact) mass is 142 g/mol. The molecule has 5 nitrogen and oxygen atoms in total. The number of carboxylic acids is 1. The number of aromatic amines is 1. The summed E-state index contributed by atoms with van der Waals surface area (Å²) in [7, 11) is 0. The third-order valence-corrected chi connectivity index (χ3v) is 0.745.